The normalized spacial score (nSPS) is 22.9. The van der Waals surface area contributed by atoms with E-state index in [4.69, 9.17) is 0 Å². The van der Waals surface area contributed by atoms with E-state index in [1.54, 1.807) is 12.2 Å². The number of hydrogen-bond donors (Lipinski definition) is 2. The summed E-state index contributed by atoms with van der Waals surface area (Å²) in [5, 5.41) is 21.1. The Bertz CT molecular complexity index is 1150. The molecule has 2 N–H and O–H groups in total. The molecule has 2 heteroatoms. The van der Waals surface area contributed by atoms with Crippen molar-refractivity contribution in [2.45, 2.75) is 120 Å². The fourth-order valence-electron chi connectivity index (χ4n) is 6.11. The van der Waals surface area contributed by atoms with Gasteiger partial charge in [0.25, 0.3) is 0 Å². The van der Waals surface area contributed by atoms with Crippen molar-refractivity contribution < 1.29 is 10.2 Å². The van der Waals surface area contributed by atoms with Crippen molar-refractivity contribution in [3.8, 4) is 0 Å². The molecule has 0 radical (unpaired) electrons. The maximum absolute atomic E-state index is 10.5. The number of aliphatic hydroxyl groups is 2. The molecule has 0 aromatic carbocycles. The highest BCUT2D eigenvalue weighted by Gasteiger charge is 2.27. The van der Waals surface area contributed by atoms with Crippen molar-refractivity contribution in [2.24, 2.45) is 10.8 Å². The average Bonchev–Trinajstić information content (AvgIpc) is 2.87. The Morgan fingerprint density at radius 3 is 1.29 bits per heavy atom. The molecular formula is C40H58O2. The second kappa shape index (κ2) is 16.2. The Balaban J connectivity index is 1.94. The minimum atomic E-state index is -0.970. The maximum atomic E-state index is 10.5. The number of aliphatic hydroxyl groups excluding tert-OH is 2. The van der Waals surface area contributed by atoms with E-state index in [-0.39, 0.29) is 10.8 Å². The molecule has 0 saturated heterocycles. The van der Waals surface area contributed by atoms with Crippen LogP contribution in [0, 0.1) is 10.8 Å². The molecule has 0 spiro atoms. The van der Waals surface area contributed by atoms with Crippen molar-refractivity contribution in [1.29, 1.82) is 0 Å². The first-order valence-corrected chi connectivity index (χ1v) is 15.8. The van der Waals surface area contributed by atoms with Crippen LogP contribution >= 0.6 is 0 Å². The third kappa shape index (κ3) is 11.5. The van der Waals surface area contributed by atoms with E-state index in [0.717, 1.165) is 11.1 Å². The zero-order valence-corrected chi connectivity index (χ0v) is 28.2. The summed E-state index contributed by atoms with van der Waals surface area (Å²) in [4.78, 5) is 0. The van der Waals surface area contributed by atoms with Gasteiger partial charge in [-0.1, -0.05) is 134 Å². The molecule has 42 heavy (non-hydrogen) atoms. The van der Waals surface area contributed by atoms with Crippen LogP contribution < -0.4 is 0 Å². The fraction of sp³-hybridized carbons (Fsp3) is 0.500. The van der Waals surface area contributed by atoms with Gasteiger partial charge in [-0.15, -0.1) is 0 Å². The van der Waals surface area contributed by atoms with Gasteiger partial charge in [0.05, 0.1) is 0 Å². The Labute approximate surface area is 258 Å². The van der Waals surface area contributed by atoms with Crippen molar-refractivity contribution in [3.63, 3.8) is 0 Å². The van der Waals surface area contributed by atoms with Crippen LogP contribution in [0.4, 0.5) is 0 Å². The largest absolute Gasteiger partial charge is 0.386 e. The minimum Gasteiger partial charge on any atom is -0.386 e. The summed E-state index contributed by atoms with van der Waals surface area (Å²) in [5.74, 6) is 0. The molecular weight excluding hydrogens is 512 g/mol. The van der Waals surface area contributed by atoms with E-state index in [2.05, 4.69) is 91.8 Å². The van der Waals surface area contributed by atoms with Crippen LogP contribution in [-0.4, -0.2) is 22.4 Å². The van der Waals surface area contributed by atoms with Gasteiger partial charge in [-0.25, -0.2) is 0 Å². The predicted octanol–water partition coefficient (Wildman–Crippen LogP) is 10.8. The lowest BCUT2D eigenvalue weighted by atomic mass is 9.72. The predicted molar refractivity (Wildman–Crippen MR) is 184 cm³/mol. The summed E-state index contributed by atoms with van der Waals surface area (Å²) in [7, 11) is 0. The molecule has 2 atom stereocenters. The van der Waals surface area contributed by atoms with Crippen LogP contribution in [-0.2, 0) is 0 Å². The number of allylic oxidation sites excluding steroid dienone is 18. The summed E-state index contributed by atoms with van der Waals surface area (Å²) < 4.78 is 0. The zero-order chi connectivity index (χ0) is 31.5. The highest BCUT2D eigenvalue weighted by Crippen LogP contribution is 2.41. The summed E-state index contributed by atoms with van der Waals surface area (Å²) in [6, 6.07) is 0. The molecule has 0 saturated carbocycles. The summed E-state index contributed by atoms with van der Waals surface area (Å²) in [5.41, 5.74) is 10.6. The highest BCUT2D eigenvalue weighted by atomic mass is 16.3. The number of hydrogen-bond acceptors (Lipinski definition) is 2. The average molecular weight is 571 g/mol. The second-order valence-corrected chi connectivity index (χ2v) is 13.9. The first kappa shape index (κ1) is 35.5. The van der Waals surface area contributed by atoms with Crippen molar-refractivity contribution >= 4 is 0 Å². The summed E-state index contributed by atoms with van der Waals surface area (Å²) >= 11 is 0. The van der Waals surface area contributed by atoms with E-state index < -0.39 is 12.2 Å². The molecule has 0 bridgehead atoms. The van der Waals surface area contributed by atoms with Gasteiger partial charge in [0.1, 0.15) is 12.2 Å². The Kier molecular flexibility index (Phi) is 13.7. The molecule has 0 aromatic rings. The van der Waals surface area contributed by atoms with Gasteiger partial charge in [-0.05, 0) is 102 Å². The quantitative estimate of drug-likeness (QED) is 0.243. The standard InChI is InChI=1S/C40H58O2/c1-29(21-23-35-33(5)19-13-25-39(35,7)8)15-11-17-31(3)27-37(41)38(42)28-32(4)18-12-16-30(2)22-24-36-34(6)20-14-26-40(36,9)10/h11-12,15-18,21-24,27-28,37-38,41-42H,13-14,19-20,25-26H2,1-10H3/b17-11+,18-12+,23-21+,24-22+,29-15+,30-16+,31-27+,32-28+. The monoisotopic (exact) mass is 570 g/mol. The molecule has 230 valence electrons. The van der Waals surface area contributed by atoms with Crippen LogP contribution in [0.15, 0.2) is 117 Å². The first-order chi connectivity index (χ1) is 19.6. The molecule has 0 amide bonds. The first-order valence-electron chi connectivity index (χ1n) is 15.8. The summed E-state index contributed by atoms with van der Waals surface area (Å²) in [6.45, 7) is 22.0. The second-order valence-electron chi connectivity index (χ2n) is 13.9. The smallest absolute Gasteiger partial charge is 0.102 e. The van der Waals surface area contributed by atoms with Crippen molar-refractivity contribution in [3.05, 3.63) is 117 Å². The Hall–Kier alpha value is -2.68. The lowest BCUT2D eigenvalue weighted by Crippen LogP contribution is -2.22. The van der Waals surface area contributed by atoms with Gasteiger partial charge >= 0.3 is 0 Å². The van der Waals surface area contributed by atoms with E-state index in [1.807, 2.05) is 38.2 Å². The van der Waals surface area contributed by atoms with E-state index >= 15 is 0 Å². The minimum absolute atomic E-state index is 0.240. The lowest BCUT2D eigenvalue weighted by molar-refractivity contribution is 0.0801. The van der Waals surface area contributed by atoms with Crippen molar-refractivity contribution in [1.82, 2.24) is 0 Å². The Morgan fingerprint density at radius 1 is 0.595 bits per heavy atom. The van der Waals surface area contributed by atoms with E-state index in [1.165, 1.54) is 72.0 Å². The molecule has 2 aliphatic rings. The van der Waals surface area contributed by atoms with Gasteiger partial charge in [-0.2, -0.15) is 0 Å². The van der Waals surface area contributed by atoms with Gasteiger partial charge in [0.2, 0.25) is 0 Å². The third-order valence-corrected chi connectivity index (χ3v) is 8.76. The molecule has 0 aliphatic heterocycles. The van der Waals surface area contributed by atoms with E-state index in [9.17, 15) is 10.2 Å². The van der Waals surface area contributed by atoms with Crippen LogP contribution in [0.25, 0.3) is 0 Å². The Morgan fingerprint density at radius 2 is 0.952 bits per heavy atom. The fourth-order valence-corrected chi connectivity index (χ4v) is 6.11. The molecule has 2 unspecified atom stereocenters. The maximum Gasteiger partial charge on any atom is 0.102 e. The van der Waals surface area contributed by atoms with Crippen LogP contribution in [0.3, 0.4) is 0 Å². The molecule has 2 rings (SSSR count). The number of rotatable bonds is 11. The third-order valence-electron chi connectivity index (χ3n) is 8.76. The zero-order valence-electron chi connectivity index (χ0n) is 28.2. The summed E-state index contributed by atoms with van der Waals surface area (Å²) in [6.07, 6.45) is 29.9. The van der Waals surface area contributed by atoms with Crippen molar-refractivity contribution in [2.75, 3.05) is 0 Å². The van der Waals surface area contributed by atoms with E-state index in [0.29, 0.717) is 0 Å². The molecule has 2 aliphatic carbocycles. The lowest BCUT2D eigenvalue weighted by Gasteiger charge is -2.33. The topological polar surface area (TPSA) is 40.5 Å². The highest BCUT2D eigenvalue weighted by molar-refractivity contribution is 5.38. The molecule has 0 fully saturated rings. The molecule has 0 aromatic heterocycles. The van der Waals surface area contributed by atoms with Gasteiger partial charge < -0.3 is 10.2 Å². The molecule has 2 nitrogen and oxygen atoms in total. The SMILES string of the molecule is CC1=C(/C=C/C(C)=C/C=C/C(C)=C/C(O)C(O)/C=C(C)/C=C/C=C(C)/C=C/C2=C(C)CCCC2(C)C)C(C)(C)CCC1. The van der Waals surface area contributed by atoms with Gasteiger partial charge in [0, 0.05) is 0 Å². The van der Waals surface area contributed by atoms with Gasteiger partial charge in [0.15, 0.2) is 0 Å². The van der Waals surface area contributed by atoms with Crippen LogP contribution in [0.1, 0.15) is 108 Å². The van der Waals surface area contributed by atoms with Crippen LogP contribution in [0.2, 0.25) is 0 Å². The van der Waals surface area contributed by atoms with Gasteiger partial charge in [-0.3, -0.25) is 0 Å². The van der Waals surface area contributed by atoms with Crippen LogP contribution in [0.5, 0.6) is 0 Å². The molecule has 0 heterocycles.